The molecule has 88 valence electrons. The van der Waals surface area contributed by atoms with Gasteiger partial charge in [-0.2, -0.15) is 0 Å². The highest BCUT2D eigenvalue weighted by Crippen LogP contribution is 2.21. The number of aliphatic hydroxyl groups excluding tert-OH is 1. The standard InChI is InChI=1S/C12H15ClFNO/c13-11-1-2-12(14)10(5-11)7-15-4-3-9(6-15)8-16/h1-2,5,9,16H,3-4,6-8H2. The zero-order chi connectivity index (χ0) is 11.5. The molecule has 0 amide bonds. The number of halogens is 2. The minimum atomic E-state index is -0.211. The Balaban J connectivity index is 2.01. The van der Waals surface area contributed by atoms with Crippen molar-refractivity contribution in [1.82, 2.24) is 4.90 Å². The average molecular weight is 244 g/mol. The first-order valence-electron chi connectivity index (χ1n) is 5.46. The first-order valence-corrected chi connectivity index (χ1v) is 5.84. The Morgan fingerprint density at radius 1 is 1.50 bits per heavy atom. The third kappa shape index (κ3) is 2.73. The molecular weight excluding hydrogens is 229 g/mol. The molecule has 1 aromatic rings. The number of hydrogen-bond donors (Lipinski definition) is 1. The van der Waals surface area contributed by atoms with Crippen molar-refractivity contribution >= 4 is 11.6 Å². The highest BCUT2D eigenvalue weighted by Gasteiger charge is 2.22. The van der Waals surface area contributed by atoms with E-state index in [-0.39, 0.29) is 12.4 Å². The fraction of sp³-hybridized carbons (Fsp3) is 0.500. The van der Waals surface area contributed by atoms with Gasteiger partial charge in [-0.3, -0.25) is 4.90 Å². The summed E-state index contributed by atoms with van der Waals surface area (Å²) in [6.07, 6.45) is 0.985. The summed E-state index contributed by atoms with van der Waals surface area (Å²) in [6.45, 7) is 2.54. The van der Waals surface area contributed by atoms with Crippen LogP contribution in [0, 0.1) is 11.7 Å². The third-order valence-corrected chi connectivity index (χ3v) is 3.26. The molecule has 2 nitrogen and oxygen atoms in total. The van der Waals surface area contributed by atoms with E-state index < -0.39 is 0 Å². The predicted molar refractivity (Wildman–Crippen MR) is 61.9 cm³/mol. The lowest BCUT2D eigenvalue weighted by atomic mass is 10.1. The Morgan fingerprint density at radius 2 is 2.31 bits per heavy atom. The van der Waals surface area contributed by atoms with Crippen molar-refractivity contribution in [3.63, 3.8) is 0 Å². The summed E-state index contributed by atoms with van der Waals surface area (Å²) >= 11 is 5.83. The van der Waals surface area contributed by atoms with Crippen LogP contribution in [0.3, 0.4) is 0 Å². The van der Waals surface area contributed by atoms with Gasteiger partial charge >= 0.3 is 0 Å². The van der Waals surface area contributed by atoms with Crippen molar-refractivity contribution < 1.29 is 9.50 Å². The van der Waals surface area contributed by atoms with E-state index in [9.17, 15) is 4.39 Å². The second kappa shape index (κ2) is 5.13. The maximum absolute atomic E-state index is 13.5. The molecule has 1 N–H and O–H groups in total. The SMILES string of the molecule is OCC1CCN(Cc2cc(Cl)ccc2F)C1. The van der Waals surface area contributed by atoms with E-state index in [1.54, 1.807) is 12.1 Å². The predicted octanol–water partition coefficient (Wildman–Crippen LogP) is 2.29. The molecule has 1 aromatic carbocycles. The third-order valence-electron chi connectivity index (χ3n) is 3.03. The highest BCUT2D eigenvalue weighted by molar-refractivity contribution is 6.30. The molecule has 1 unspecified atom stereocenters. The molecule has 0 bridgehead atoms. The number of nitrogens with zero attached hydrogens (tertiary/aromatic N) is 1. The van der Waals surface area contributed by atoms with Crippen molar-refractivity contribution in [2.45, 2.75) is 13.0 Å². The number of benzene rings is 1. The molecule has 4 heteroatoms. The molecule has 1 atom stereocenters. The van der Waals surface area contributed by atoms with E-state index in [4.69, 9.17) is 16.7 Å². The average Bonchev–Trinajstić information content (AvgIpc) is 2.71. The molecule has 0 aromatic heterocycles. The van der Waals surface area contributed by atoms with Gasteiger partial charge in [-0.1, -0.05) is 11.6 Å². The summed E-state index contributed by atoms with van der Waals surface area (Å²) in [5.41, 5.74) is 0.631. The second-order valence-electron chi connectivity index (χ2n) is 4.31. The molecule has 1 aliphatic heterocycles. The number of aliphatic hydroxyl groups is 1. The fourth-order valence-corrected chi connectivity index (χ4v) is 2.31. The van der Waals surface area contributed by atoms with Gasteiger partial charge in [0.1, 0.15) is 5.82 Å². The van der Waals surface area contributed by atoms with Gasteiger partial charge in [-0.15, -0.1) is 0 Å². The maximum Gasteiger partial charge on any atom is 0.127 e. The molecule has 0 saturated carbocycles. The van der Waals surface area contributed by atoms with Gasteiger partial charge in [0.25, 0.3) is 0 Å². The number of hydrogen-bond acceptors (Lipinski definition) is 2. The van der Waals surface area contributed by atoms with Gasteiger partial charge in [0.15, 0.2) is 0 Å². The molecule has 1 aliphatic rings. The van der Waals surface area contributed by atoms with Crippen molar-refractivity contribution in [3.05, 3.63) is 34.6 Å². The van der Waals surface area contributed by atoms with Crippen LogP contribution in [0.15, 0.2) is 18.2 Å². The Bertz CT molecular complexity index is 372. The number of rotatable bonds is 3. The zero-order valence-electron chi connectivity index (χ0n) is 9.00. The van der Waals surface area contributed by atoms with Crippen LogP contribution in [0.4, 0.5) is 4.39 Å². The molecule has 0 radical (unpaired) electrons. The maximum atomic E-state index is 13.5. The summed E-state index contributed by atoms with van der Waals surface area (Å²) in [6, 6.07) is 4.63. The smallest absolute Gasteiger partial charge is 0.127 e. The zero-order valence-corrected chi connectivity index (χ0v) is 9.75. The molecule has 16 heavy (non-hydrogen) atoms. The Labute approximate surface area is 99.6 Å². The van der Waals surface area contributed by atoms with E-state index in [0.29, 0.717) is 23.0 Å². The van der Waals surface area contributed by atoms with Crippen molar-refractivity contribution in [3.8, 4) is 0 Å². The van der Waals surface area contributed by atoms with Gasteiger partial charge in [-0.05, 0) is 37.1 Å². The first-order chi connectivity index (χ1) is 7.69. The summed E-state index contributed by atoms with van der Waals surface area (Å²) in [4.78, 5) is 2.15. The minimum absolute atomic E-state index is 0.211. The van der Waals surface area contributed by atoms with Crippen LogP contribution in [-0.4, -0.2) is 29.7 Å². The van der Waals surface area contributed by atoms with Crippen LogP contribution >= 0.6 is 11.6 Å². The summed E-state index contributed by atoms with van der Waals surface area (Å²) in [7, 11) is 0. The largest absolute Gasteiger partial charge is 0.396 e. The van der Waals surface area contributed by atoms with Crippen LogP contribution in [0.2, 0.25) is 5.02 Å². The highest BCUT2D eigenvalue weighted by atomic mass is 35.5. The van der Waals surface area contributed by atoms with E-state index in [2.05, 4.69) is 4.90 Å². The van der Waals surface area contributed by atoms with Gasteiger partial charge in [-0.25, -0.2) is 4.39 Å². The Morgan fingerprint density at radius 3 is 3.00 bits per heavy atom. The van der Waals surface area contributed by atoms with Crippen LogP contribution in [0.25, 0.3) is 0 Å². The normalized spacial score (nSPS) is 21.6. The van der Waals surface area contributed by atoms with Gasteiger partial charge < -0.3 is 5.11 Å². The summed E-state index contributed by atoms with van der Waals surface area (Å²) in [5.74, 6) is 0.124. The van der Waals surface area contributed by atoms with E-state index >= 15 is 0 Å². The van der Waals surface area contributed by atoms with Crippen LogP contribution < -0.4 is 0 Å². The first kappa shape index (κ1) is 11.8. The van der Waals surface area contributed by atoms with Crippen LogP contribution in [0.5, 0.6) is 0 Å². The van der Waals surface area contributed by atoms with Gasteiger partial charge in [0.2, 0.25) is 0 Å². The van der Waals surface area contributed by atoms with Gasteiger partial charge in [0.05, 0.1) is 0 Å². The van der Waals surface area contributed by atoms with E-state index in [0.717, 1.165) is 19.5 Å². The monoisotopic (exact) mass is 243 g/mol. The molecule has 1 heterocycles. The van der Waals surface area contributed by atoms with Crippen molar-refractivity contribution in [1.29, 1.82) is 0 Å². The van der Waals surface area contributed by atoms with E-state index in [1.165, 1.54) is 6.07 Å². The molecule has 0 aliphatic carbocycles. The summed E-state index contributed by atoms with van der Waals surface area (Å²) < 4.78 is 13.5. The molecule has 2 rings (SSSR count). The van der Waals surface area contributed by atoms with Crippen molar-refractivity contribution in [2.75, 3.05) is 19.7 Å². The summed E-state index contributed by atoms with van der Waals surface area (Å²) in [5, 5.41) is 9.59. The topological polar surface area (TPSA) is 23.5 Å². The van der Waals surface area contributed by atoms with E-state index in [1.807, 2.05) is 0 Å². The lowest BCUT2D eigenvalue weighted by Crippen LogP contribution is -2.21. The Kier molecular flexibility index (Phi) is 3.79. The quantitative estimate of drug-likeness (QED) is 0.881. The molecule has 0 spiro atoms. The fourth-order valence-electron chi connectivity index (χ4n) is 2.11. The lowest BCUT2D eigenvalue weighted by molar-refractivity contribution is 0.219. The molecule has 1 saturated heterocycles. The van der Waals surface area contributed by atoms with Crippen molar-refractivity contribution in [2.24, 2.45) is 5.92 Å². The Hall–Kier alpha value is -0.640. The lowest BCUT2D eigenvalue weighted by Gasteiger charge is -2.16. The minimum Gasteiger partial charge on any atom is -0.396 e. The molecule has 1 fully saturated rings. The van der Waals surface area contributed by atoms with Crippen LogP contribution in [-0.2, 0) is 6.54 Å². The number of likely N-dealkylation sites (tertiary alicyclic amines) is 1. The molecular formula is C12H15ClFNO. The van der Waals surface area contributed by atoms with Gasteiger partial charge in [0, 0.05) is 30.3 Å². The van der Waals surface area contributed by atoms with Crippen LogP contribution in [0.1, 0.15) is 12.0 Å². The second-order valence-corrected chi connectivity index (χ2v) is 4.74.